The van der Waals surface area contributed by atoms with Crippen LogP contribution in [0.3, 0.4) is 0 Å². The van der Waals surface area contributed by atoms with Gasteiger partial charge in [0.05, 0.1) is 11.3 Å². The van der Waals surface area contributed by atoms with Crippen molar-refractivity contribution in [2.24, 2.45) is 0 Å². The molecule has 7 nitrogen and oxygen atoms in total. The van der Waals surface area contributed by atoms with Gasteiger partial charge in [0.15, 0.2) is 0 Å². The summed E-state index contributed by atoms with van der Waals surface area (Å²) in [7, 11) is 2.14. The zero-order valence-corrected chi connectivity index (χ0v) is 17.6. The quantitative estimate of drug-likeness (QED) is 0.836. The molecule has 0 bridgehead atoms. The molecule has 156 valence electrons. The first-order valence-electron chi connectivity index (χ1n) is 10.9. The Labute approximate surface area is 172 Å². The summed E-state index contributed by atoms with van der Waals surface area (Å²) >= 11 is 0. The Morgan fingerprint density at radius 1 is 1.14 bits per heavy atom. The van der Waals surface area contributed by atoms with Crippen LogP contribution in [0.1, 0.15) is 37.8 Å². The lowest BCUT2D eigenvalue weighted by molar-refractivity contribution is 0.211. The van der Waals surface area contributed by atoms with Crippen LogP contribution in [-0.2, 0) is 0 Å². The average Bonchev–Trinajstić information content (AvgIpc) is 2.75. The zero-order valence-electron chi connectivity index (χ0n) is 17.6. The topological polar surface area (TPSA) is 68.4 Å². The number of aromatic nitrogens is 3. The van der Waals surface area contributed by atoms with Crippen LogP contribution in [0.4, 0.5) is 5.82 Å². The van der Waals surface area contributed by atoms with Crippen molar-refractivity contribution in [1.29, 1.82) is 0 Å². The molecule has 0 amide bonds. The minimum atomic E-state index is -0.0748. The van der Waals surface area contributed by atoms with Crippen molar-refractivity contribution in [2.45, 2.75) is 32.1 Å². The van der Waals surface area contributed by atoms with E-state index in [1.807, 2.05) is 18.3 Å². The van der Waals surface area contributed by atoms with E-state index in [1.165, 1.54) is 6.42 Å². The minimum absolute atomic E-state index is 0.0748. The summed E-state index contributed by atoms with van der Waals surface area (Å²) in [6.07, 6.45) is 5.14. The highest BCUT2D eigenvalue weighted by Gasteiger charge is 2.24. The molecule has 0 radical (unpaired) electrons. The summed E-state index contributed by atoms with van der Waals surface area (Å²) in [6.45, 7) is 9.43. The molecule has 2 aliphatic heterocycles. The molecule has 2 aliphatic rings. The molecule has 7 heteroatoms. The standard InChI is InChI=1S/C22H32N6O/c1-3-9-27-10-6-17(7-11-27)19-16-20(29)25-21(24-19)18-5-4-8-23-22(18)28-14-12-26(2)13-15-28/h4-5,8,16-17H,3,6-7,9-15H2,1-2H3,(H,24,25,29). The molecule has 2 aromatic rings. The number of likely N-dealkylation sites (N-methyl/N-ethyl adjacent to an activating group) is 1. The first-order valence-corrected chi connectivity index (χ1v) is 10.9. The van der Waals surface area contributed by atoms with Crippen LogP contribution in [0.25, 0.3) is 11.4 Å². The lowest BCUT2D eigenvalue weighted by Gasteiger charge is -2.34. The van der Waals surface area contributed by atoms with Gasteiger partial charge in [-0.2, -0.15) is 0 Å². The number of anilines is 1. The summed E-state index contributed by atoms with van der Waals surface area (Å²) in [5.41, 5.74) is 1.77. The van der Waals surface area contributed by atoms with Crippen LogP contribution in [0.15, 0.2) is 29.2 Å². The highest BCUT2D eigenvalue weighted by molar-refractivity contribution is 5.71. The van der Waals surface area contributed by atoms with Crippen LogP contribution < -0.4 is 10.5 Å². The van der Waals surface area contributed by atoms with Gasteiger partial charge in [0, 0.05) is 44.4 Å². The fourth-order valence-electron chi connectivity index (χ4n) is 4.43. The monoisotopic (exact) mass is 396 g/mol. The Hall–Kier alpha value is -2.25. The van der Waals surface area contributed by atoms with Gasteiger partial charge in [-0.05, 0) is 58.1 Å². The van der Waals surface area contributed by atoms with Crippen molar-refractivity contribution >= 4 is 5.82 Å². The molecule has 0 atom stereocenters. The molecule has 0 spiro atoms. The van der Waals surface area contributed by atoms with E-state index in [9.17, 15) is 4.79 Å². The van der Waals surface area contributed by atoms with E-state index >= 15 is 0 Å². The lowest BCUT2D eigenvalue weighted by atomic mass is 9.93. The Bertz CT molecular complexity index is 866. The second kappa shape index (κ2) is 9.05. The molecule has 4 rings (SSSR count). The predicted molar refractivity (Wildman–Crippen MR) is 117 cm³/mol. The number of hydrogen-bond acceptors (Lipinski definition) is 6. The largest absolute Gasteiger partial charge is 0.353 e. The summed E-state index contributed by atoms with van der Waals surface area (Å²) in [6, 6.07) is 5.63. The maximum Gasteiger partial charge on any atom is 0.251 e. The number of H-pyrrole nitrogens is 1. The molecule has 0 saturated carbocycles. The second-order valence-electron chi connectivity index (χ2n) is 8.30. The third-order valence-electron chi connectivity index (χ3n) is 6.15. The molecule has 4 heterocycles. The van der Waals surface area contributed by atoms with Crippen LogP contribution in [0.2, 0.25) is 0 Å². The van der Waals surface area contributed by atoms with Crippen molar-refractivity contribution in [2.75, 3.05) is 57.8 Å². The smallest absolute Gasteiger partial charge is 0.251 e. The average molecular weight is 397 g/mol. The van der Waals surface area contributed by atoms with Crippen molar-refractivity contribution in [3.05, 3.63) is 40.4 Å². The summed E-state index contributed by atoms with van der Waals surface area (Å²) in [5, 5.41) is 0. The van der Waals surface area contributed by atoms with Gasteiger partial charge in [0.1, 0.15) is 11.6 Å². The van der Waals surface area contributed by atoms with Crippen molar-refractivity contribution in [3.8, 4) is 11.4 Å². The van der Waals surface area contributed by atoms with Gasteiger partial charge >= 0.3 is 0 Å². The number of hydrogen-bond donors (Lipinski definition) is 1. The number of piperidine rings is 1. The molecular formula is C22H32N6O. The van der Waals surface area contributed by atoms with Gasteiger partial charge < -0.3 is 19.7 Å². The van der Waals surface area contributed by atoms with Gasteiger partial charge in [0.2, 0.25) is 0 Å². The summed E-state index contributed by atoms with van der Waals surface area (Å²) in [5.74, 6) is 1.91. The maximum atomic E-state index is 12.5. The SMILES string of the molecule is CCCN1CCC(c2cc(=O)[nH]c(-c3cccnc3N3CCN(C)CC3)n2)CC1. The zero-order chi connectivity index (χ0) is 20.2. The van der Waals surface area contributed by atoms with Crippen molar-refractivity contribution < 1.29 is 0 Å². The van der Waals surface area contributed by atoms with Gasteiger partial charge in [-0.25, -0.2) is 9.97 Å². The van der Waals surface area contributed by atoms with Crippen molar-refractivity contribution in [1.82, 2.24) is 24.8 Å². The van der Waals surface area contributed by atoms with Gasteiger partial charge in [-0.15, -0.1) is 0 Å². The molecule has 0 aromatic carbocycles. The number of pyridine rings is 1. The van der Waals surface area contributed by atoms with E-state index in [0.717, 1.165) is 75.7 Å². The highest BCUT2D eigenvalue weighted by atomic mass is 16.1. The Balaban J connectivity index is 1.60. The van der Waals surface area contributed by atoms with Crippen LogP contribution >= 0.6 is 0 Å². The van der Waals surface area contributed by atoms with Crippen molar-refractivity contribution in [3.63, 3.8) is 0 Å². The fourth-order valence-corrected chi connectivity index (χ4v) is 4.43. The molecule has 0 unspecified atom stereocenters. The third kappa shape index (κ3) is 4.67. The van der Waals surface area contributed by atoms with E-state index in [-0.39, 0.29) is 5.56 Å². The molecule has 1 N–H and O–H groups in total. The fraction of sp³-hybridized carbons (Fsp3) is 0.591. The lowest BCUT2D eigenvalue weighted by Crippen LogP contribution is -2.45. The first-order chi connectivity index (χ1) is 14.1. The van der Waals surface area contributed by atoms with E-state index in [2.05, 4.69) is 38.6 Å². The van der Waals surface area contributed by atoms with Gasteiger partial charge in [-0.1, -0.05) is 6.92 Å². The summed E-state index contributed by atoms with van der Waals surface area (Å²) in [4.78, 5) is 32.1. The van der Waals surface area contributed by atoms with E-state index in [4.69, 9.17) is 4.98 Å². The van der Waals surface area contributed by atoms with Gasteiger partial charge in [-0.3, -0.25) is 4.79 Å². The molecule has 2 saturated heterocycles. The Morgan fingerprint density at radius 3 is 2.62 bits per heavy atom. The number of nitrogens with zero attached hydrogens (tertiary/aromatic N) is 5. The number of aromatic amines is 1. The highest BCUT2D eigenvalue weighted by Crippen LogP contribution is 2.30. The minimum Gasteiger partial charge on any atom is -0.353 e. The normalized spacial score (nSPS) is 19.6. The maximum absolute atomic E-state index is 12.5. The van der Waals surface area contributed by atoms with E-state index in [1.54, 1.807) is 6.07 Å². The number of nitrogens with one attached hydrogen (secondary N) is 1. The Kier molecular flexibility index (Phi) is 6.25. The predicted octanol–water partition coefficient (Wildman–Crippen LogP) is 2.17. The second-order valence-corrected chi connectivity index (χ2v) is 8.30. The summed E-state index contributed by atoms with van der Waals surface area (Å²) < 4.78 is 0. The van der Waals surface area contributed by atoms with E-state index < -0.39 is 0 Å². The molecular weight excluding hydrogens is 364 g/mol. The number of likely N-dealkylation sites (tertiary alicyclic amines) is 1. The molecule has 0 aliphatic carbocycles. The first kappa shape index (κ1) is 20.0. The third-order valence-corrected chi connectivity index (χ3v) is 6.15. The van der Waals surface area contributed by atoms with Crippen LogP contribution in [-0.4, -0.2) is 77.6 Å². The molecule has 2 aromatic heterocycles. The number of rotatable bonds is 5. The van der Waals surface area contributed by atoms with Crippen LogP contribution in [0, 0.1) is 0 Å². The van der Waals surface area contributed by atoms with Crippen LogP contribution in [0.5, 0.6) is 0 Å². The van der Waals surface area contributed by atoms with E-state index in [0.29, 0.717) is 11.7 Å². The molecule has 2 fully saturated rings. The number of piperazine rings is 1. The Morgan fingerprint density at radius 2 is 1.90 bits per heavy atom. The van der Waals surface area contributed by atoms with Gasteiger partial charge in [0.25, 0.3) is 5.56 Å². The molecule has 29 heavy (non-hydrogen) atoms.